The second-order valence-electron chi connectivity index (χ2n) is 3.29. The quantitative estimate of drug-likeness (QED) is 0.491. The zero-order valence-electron chi connectivity index (χ0n) is 8.16. The van der Waals surface area contributed by atoms with Crippen molar-refractivity contribution in [2.75, 3.05) is 6.61 Å². The summed E-state index contributed by atoms with van der Waals surface area (Å²) in [7, 11) is 0. The molecule has 1 aliphatic heterocycles. The summed E-state index contributed by atoms with van der Waals surface area (Å²) in [5.74, 6) is 0.00292. The van der Waals surface area contributed by atoms with Crippen LogP contribution in [0.5, 0.6) is 0 Å². The van der Waals surface area contributed by atoms with Gasteiger partial charge in [-0.1, -0.05) is 13.5 Å². The van der Waals surface area contributed by atoms with E-state index < -0.39 is 0 Å². The summed E-state index contributed by atoms with van der Waals surface area (Å²) in [6, 6.07) is 0. The molecule has 0 saturated carbocycles. The summed E-state index contributed by atoms with van der Waals surface area (Å²) in [6.45, 7) is 8.02. The molecule has 0 bridgehead atoms. The topological polar surface area (TPSA) is 35.5 Å². The van der Waals surface area contributed by atoms with Gasteiger partial charge in [0, 0.05) is 12.0 Å². The van der Waals surface area contributed by atoms with E-state index in [0.717, 1.165) is 6.42 Å². The molecule has 1 fully saturated rings. The van der Waals surface area contributed by atoms with Crippen molar-refractivity contribution < 1.29 is 14.3 Å². The third-order valence-corrected chi connectivity index (χ3v) is 2.45. The van der Waals surface area contributed by atoms with Crippen molar-refractivity contribution in [1.29, 1.82) is 0 Å². The monoisotopic (exact) mass is 184 g/mol. The van der Waals surface area contributed by atoms with Gasteiger partial charge >= 0.3 is 5.97 Å². The first-order valence-corrected chi connectivity index (χ1v) is 4.63. The van der Waals surface area contributed by atoms with Crippen molar-refractivity contribution in [2.24, 2.45) is 5.92 Å². The molecule has 0 spiro atoms. The van der Waals surface area contributed by atoms with Gasteiger partial charge in [-0.25, -0.2) is 4.79 Å². The first-order valence-electron chi connectivity index (χ1n) is 4.63. The van der Waals surface area contributed by atoms with E-state index in [2.05, 4.69) is 13.5 Å². The Balaban J connectivity index is 2.34. The average molecular weight is 184 g/mol. The summed E-state index contributed by atoms with van der Waals surface area (Å²) in [6.07, 6.45) is 2.36. The predicted molar refractivity (Wildman–Crippen MR) is 49.3 cm³/mol. The van der Waals surface area contributed by atoms with Crippen LogP contribution >= 0.6 is 0 Å². The third-order valence-electron chi connectivity index (χ3n) is 2.45. The summed E-state index contributed by atoms with van der Waals surface area (Å²) in [5.41, 5.74) is 0. The highest BCUT2D eigenvalue weighted by Crippen LogP contribution is 2.27. The Bertz CT molecular complexity index is 198. The second kappa shape index (κ2) is 4.42. The van der Waals surface area contributed by atoms with Crippen LogP contribution in [-0.4, -0.2) is 24.8 Å². The van der Waals surface area contributed by atoms with E-state index in [9.17, 15) is 4.79 Å². The molecule has 1 aliphatic rings. The first-order chi connectivity index (χ1) is 6.19. The molecule has 0 aromatic heterocycles. The summed E-state index contributed by atoms with van der Waals surface area (Å²) < 4.78 is 10.4. The van der Waals surface area contributed by atoms with Crippen molar-refractivity contribution in [3.8, 4) is 0 Å². The smallest absolute Gasteiger partial charge is 0.330 e. The molecule has 3 heteroatoms. The van der Waals surface area contributed by atoms with Gasteiger partial charge in [0.05, 0.1) is 12.7 Å². The lowest BCUT2D eigenvalue weighted by Gasteiger charge is -2.39. The van der Waals surface area contributed by atoms with E-state index in [1.54, 1.807) is 0 Å². The van der Waals surface area contributed by atoms with Crippen LogP contribution in [0, 0.1) is 5.92 Å². The molecule has 3 atom stereocenters. The lowest BCUT2D eigenvalue weighted by molar-refractivity contribution is -0.176. The fraction of sp³-hybridized carbons (Fsp3) is 0.700. The molecule has 3 nitrogen and oxygen atoms in total. The summed E-state index contributed by atoms with van der Waals surface area (Å²) in [5, 5.41) is 0. The number of rotatable bonds is 4. The van der Waals surface area contributed by atoms with Crippen molar-refractivity contribution in [3.05, 3.63) is 12.7 Å². The lowest BCUT2D eigenvalue weighted by atomic mass is 9.91. The molecule has 0 aliphatic carbocycles. The van der Waals surface area contributed by atoms with Gasteiger partial charge in [0.2, 0.25) is 0 Å². The van der Waals surface area contributed by atoms with Crippen LogP contribution in [-0.2, 0) is 14.3 Å². The molecule has 13 heavy (non-hydrogen) atoms. The Labute approximate surface area is 78.7 Å². The van der Waals surface area contributed by atoms with Gasteiger partial charge in [0.25, 0.3) is 0 Å². The number of carbonyl (C=O) groups is 1. The van der Waals surface area contributed by atoms with Crippen molar-refractivity contribution in [2.45, 2.75) is 32.5 Å². The molecule has 74 valence electrons. The van der Waals surface area contributed by atoms with Crippen molar-refractivity contribution in [3.63, 3.8) is 0 Å². The number of esters is 1. The van der Waals surface area contributed by atoms with Gasteiger partial charge < -0.3 is 9.47 Å². The molecular weight excluding hydrogens is 168 g/mol. The minimum atomic E-state index is -0.353. The lowest BCUT2D eigenvalue weighted by Crippen LogP contribution is -2.46. The van der Waals surface area contributed by atoms with Crippen LogP contribution in [0.25, 0.3) is 0 Å². The van der Waals surface area contributed by atoms with Gasteiger partial charge in [-0.3, -0.25) is 0 Å². The van der Waals surface area contributed by atoms with Crippen LogP contribution in [0.2, 0.25) is 0 Å². The van der Waals surface area contributed by atoms with Gasteiger partial charge in [0.15, 0.2) is 0 Å². The molecule has 3 unspecified atom stereocenters. The Morgan fingerprint density at radius 2 is 2.54 bits per heavy atom. The van der Waals surface area contributed by atoms with Crippen LogP contribution in [0.4, 0.5) is 0 Å². The average Bonchev–Trinajstić information content (AvgIpc) is 2.02. The SMILES string of the molecule is C=CC(=O)OC(C)C1COC1CC. The number of hydrogen-bond acceptors (Lipinski definition) is 3. The molecule has 1 rings (SSSR count). The van der Waals surface area contributed by atoms with E-state index in [-0.39, 0.29) is 18.2 Å². The van der Waals surface area contributed by atoms with E-state index >= 15 is 0 Å². The highest BCUT2D eigenvalue weighted by Gasteiger charge is 2.36. The van der Waals surface area contributed by atoms with Crippen LogP contribution in [0.1, 0.15) is 20.3 Å². The molecule has 0 aromatic rings. The standard InChI is InChI=1S/C10H16O3/c1-4-9-8(6-12-9)7(3)13-10(11)5-2/h5,7-9H,2,4,6H2,1,3H3. The van der Waals surface area contributed by atoms with Crippen LogP contribution in [0.15, 0.2) is 12.7 Å². The minimum absolute atomic E-state index is 0.0656. The van der Waals surface area contributed by atoms with Gasteiger partial charge in [-0.2, -0.15) is 0 Å². The molecular formula is C10H16O3. The summed E-state index contributed by atoms with van der Waals surface area (Å²) in [4.78, 5) is 10.9. The minimum Gasteiger partial charge on any atom is -0.459 e. The number of carbonyl (C=O) groups excluding carboxylic acids is 1. The highest BCUT2D eigenvalue weighted by atomic mass is 16.6. The molecule has 1 heterocycles. The van der Waals surface area contributed by atoms with Crippen molar-refractivity contribution in [1.82, 2.24) is 0 Å². The maximum absolute atomic E-state index is 10.9. The largest absolute Gasteiger partial charge is 0.459 e. The van der Waals surface area contributed by atoms with E-state index in [1.165, 1.54) is 6.08 Å². The van der Waals surface area contributed by atoms with Gasteiger partial charge in [0.1, 0.15) is 6.10 Å². The molecule has 1 saturated heterocycles. The van der Waals surface area contributed by atoms with E-state index in [0.29, 0.717) is 12.5 Å². The normalized spacial score (nSPS) is 28.8. The van der Waals surface area contributed by atoms with E-state index in [1.807, 2.05) is 6.92 Å². The zero-order chi connectivity index (χ0) is 9.84. The molecule has 0 radical (unpaired) electrons. The maximum Gasteiger partial charge on any atom is 0.330 e. The first kappa shape index (κ1) is 10.3. The Hall–Kier alpha value is -0.830. The fourth-order valence-corrected chi connectivity index (χ4v) is 1.52. The fourth-order valence-electron chi connectivity index (χ4n) is 1.52. The molecule has 0 amide bonds. The summed E-state index contributed by atoms with van der Waals surface area (Å²) >= 11 is 0. The molecule has 0 aromatic carbocycles. The number of ether oxygens (including phenoxy) is 2. The maximum atomic E-state index is 10.9. The van der Waals surface area contributed by atoms with Crippen molar-refractivity contribution >= 4 is 5.97 Å². The predicted octanol–water partition coefficient (Wildman–Crippen LogP) is 1.53. The van der Waals surface area contributed by atoms with Gasteiger partial charge in [-0.15, -0.1) is 0 Å². The second-order valence-corrected chi connectivity index (χ2v) is 3.29. The van der Waals surface area contributed by atoms with Crippen LogP contribution < -0.4 is 0 Å². The van der Waals surface area contributed by atoms with Gasteiger partial charge in [-0.05, 0) is 13.3 Å². The molecule has 0 N–H and O–H groups in total. The Morgan fingerprint density at radius 3 is 2.92 bits per heavy atom. The zero-order valence-corrected chi connectivity index (χ0v) is 8.16. The van der Waals surface area contributed by atoms with E-state index in [4.69, 9.17) is 9.47 Å². The van der Waals surface area contributed by atoms with Crippen LogP contribution in [0.3, 0.4) is 0 Å². The highest BCUT2D eigenvalue weighted by molar-refractivity contribution is 5.81. The Kier molecular flexibility index (Phi) is 3.48. The number of hydrogen-bond donors (Lipinski definition) is 0. The third kappa shape index (κ3) is 2.31. The Morgan fingerprint density at radius 1 is 1.85 bits per heavy atom.